The Morgan fingerprint density at radius 3 is 2.67 bits per heavy atom. The summed E-state index contributed by atoms with van der Waals surface area (Å²) in [7, 11) is 0. The van der Waals surface area contributed by atoms with E-state index in [0.29, 0.717) is 5.75 Å². The van der Waals surface area contributed by atoms with Crippen LogP contribution in [0.2, 0.25) is 0 Å². The maximum absolute atomic E-state index is 8.51. The molecule has 1 aromatic carbocycles. The van der Waals surface area contributed by atoms with Crippen molar-refractivity contribution in [2.24, 2.45) is 0 Å². The summed E-state index contributed by atoms with van der Waals surface area (Å²) < 4.78 is 0. The van der Waals surface area contributed by atoms with E-state index < -0.39 is 0 Å². The van der Waals surface area contributed by atoms with Gasteiger partial charge in [0.1, 0.15) is 5.03 Å². The van der Waals surface area contributed by atoms with E-state index in [0.717, 1.165) is 16.3 Å². The lowest BCUT2D eigenvalue weighted by Gasteiger charge is -2.06. The second kappa shape index (κ2) is 5.65. The predicted octanol–water partition coefficient (Wildman–Crippen LogP) is 3.38. The molecule has 2 rings (SSSR count). The van der Waals surface area contributed by atoms with Crippen LogP contribution in [-0.4, -0.2) is 16.0 Å². The van der Waals surface area contributed by atoms with Crippen molar-refractivity contribution in [1.29, 1.82) is 5.26 Å². The quantitative estimate of drug-likeness (QED) is 0.789. The Kier molecular flexibility index (Phi) is 3.96. The Balaban J connectivity index is 2.29. The molecule has 18 heavy (non-hydrogen) atoms. The zero-order valence-electron chi connectivity index (χ0n) is 10.3. The number of benzene rings is 1. The molecular weight excluding hydrogens is 242 g/mol. The first-order valence-corrected chi connectivity index (χ1v) is 6.60. The molecule has 0 atom stereocenters. The third kappa shape index (κ3) is 2.88. The van der Waals surface area contributed by atoms with E-state index in [2.05, 4.69) is 48.3 Å². The lowest BCUT2D eigenvalue weighted by atomic mass is 10.0. The summed E-state index contributed by atoms with van der Waals surface area (Å²) in [6.45, 7) is 4.13. The molecule has 0 saturated heterocycles. The van der Waals surface area contributed by atoms with Gasteiger partial charge in [-0.05, 0) is 37.6 Å². The number of nitriles is 1. The smallest absolute Gasteiger partial charge is 0.120 e. The molecule has 3 nitrogen and oxygen atoms in total. The number of rotatable bonds is 3. The zero-order valence-corrected chi connectivity index (χ0v) is 11.2. The first-order valence-electron chi connectivity index (χ1n) is 5.62. The molecule has 1 aromatic heterocycles. The second-order valence-corrected chi connectivity index (χ2v) is 5.02. The van der Waals surface area contributed by atoms with Crippen molar-refractivity contribution in [2.45, 2.75) is 18.9 Å². The van der Waals surface area contributed by atoms with Crippen LogP contribution in [0.5, 0.6) is 0 Å². The third-order valence-electron chi connectivity index (χ3n) is 2.59. The van der Waals surface area contributed by atoms with E-state index in [1.807, 2.05) is 12.1 Å². The van der Waals surface area contributed by atoms with Crippen molar-refractivity contribution in [1.82, 2.24) is 10.2 Å². The molecule has 4 heteroatoms. The largest absolute Gasteiger partial charge is 0.197 e. The minimum Gasteiger partial charge on any atom is -0.197 e. The van der Waals surface area contributed by atoms with Crippen LogP contribution in [0.1, 0.15) is 11.1 Å². The molecule has 0 radical (unpaired) electrons. The Labute approximate surface area is 111 Å². The van der Waals surface area contributed by atoms with E-state index in [1.54, 1.807) is 0 Å². The highest BCUT2D eigenvalue weighted by Gasteiger charge is 2.05. The van der Waals surface area contributed by atoms with Gasteiger partial charge >= 0.3 is 0 Å². The molecule has 0 spiro atoms. The van der Waals surface area contributed by atoms with Gasteiger partial charge in [-0.2, -0.15) is 5.26 Å². The first kappa shape index (κ1) is 12.6. The van der Waals surface area contributed by atoms with Gasteiger partial charge < -0.3 is 0 Å². The summed E-state index contributed by atoms with van der Waals surface area (Å²) in [5, 5.41) is 17.6. The molecular formula is C14H13N3S. The first-order chi connectivity index (χ1) is 8.70. The fraction of sp³-hybridized carbons (Fsp3) is 0.214. The normalized spacial score (nSPS) is 10.1. The van der Waals surface area contributed by atoms with E-state index in [-0.39, 0.29) is 0 Å². The van der Waals surface area contributed by atoms with E-state index in [9.17, 15) is 0 Å². The lowest BCUT2D eigenvalue weighted by molar-refractivity contribution is 0.935. The van der Waals surface area contributed by atoms with E-state index in [1.165, 1.54) is 22.9 Å². The summed E-state index contributed by atoms with van der Waals surface area (Å²) in [4.78, 5) is 0. The highest BCUT2D eigenvalue weighted by molar-refractivity contribution is 7.99. The van der Waals surface area contributed by atoms with Crippen molar-refractivity contribution in [3.05, 3.63) is 41.5 Å². The van der Waals surface area contributed by atoms with Gasteiger partial charge in [0.05, 0.1) is 17.5 Å². The van der Waals surface area contributed by atoms with Gasteiger partial charge in [0.15, 0.2) is 0 Å². The molecule has 0 unspecified atom stereocenters. The van der Waals surface area contributed by atoms with Gasteiger partial charge in [0.2, 0.25) is 0 Å². The Hall–Kier alpha value is -1.86. The number of aryl methyl sites for hydroxylation is 2. The van der Waals surface area contributed by atoms with Crippen molar-refractivity contribution < 1.29 is 0 Å². The average Bonchev–Trinajstić information content (AvgIpc) is 2.40. The van der Waals surface area contributed by atoms with Crippen molar-refractivity contribution in [3.8, 4) is 17.3 Å². The Bertz CT molecular complexity index is 585. The minimum absolute atomic E-state index is 0.400. The number of hydrogen-bond acceptors (Lipinski definition) is 4. The average molecular weight is 255 g/mol. The van der Waals surface area contributed by atoms with Crippen LogP contribution in [0.4, 0.5) is 0 Å². The van der Waals surface area contributed by atoms with Crippen LogP contribution in [0.25, 0.3) is 11.3 Å². The summed E-state index contributed by atoms with van der Waals surface area (Å²) >= 11 is 1.40. The molecule has 0 fully saturated rings. The highest BCUT2D eigenvalue weighted by atomic mass is 32.2. The van der Waals surface area contributed by atoms with Crippen molar-refractivity contribution in [2.75, 3.05) is 5.75 Å². The molecule has 1 heterocycles. The molecule has 0 aliphatic carbocycles. The number of hydrogen-bond donors (Lipinski definition) is 0. The summed E-state index contributed by atoms with van der Waals surface area (Å²) in [5.74, 6) is 0.400. The zero-order chi connectivity index (χ0) is 13.0. The van der Waals surface area contributed by atoms with Gasteiger partial charge in [-0.1, -0.05) is 29.5 Å². The minimum atomic E-state index is 0.400. The van der Waals surface area contributed by atoms with Crippen LogP contribution in [-0.2, 0) is 0 Å². The third-order valence-corrected chi connectivity index (χ3v) is 3.38. The van der Waals surface area contributed by atoms with Crippen molar-refractivity contribution >= 4 is 11.8 Å². The number of thioether (sulfide) groups is 1. The Morgan fingerprint density at radius 1 is 1.17 bits per heavy atom. The van der Waals surface area contributed by atoms with Gasteiger partial charge in [-0.25, -0.2) is 0 Å². The molecule has 0 saturated carbocycles. The van der Waals surface area contributed by atoms with Gasteiger partial charge in [-0.15, -0.1) is 10.2 Å². The summed E-state index contributed by atoms with van der Waals surface area (Å²) in [6.07, 6.45) is 0. The highest BCUT2D eigenvalue weighted by Crippen LogP contribution is 2.23. The topological polar surface area (TPSA) is 49.6 Å². The maximum atomic E-state index is 8.51. The summed E-state index contributed by atoms with van der Waals surface area (Å²) in [5.41, 5.74) is 4.38. The van der Waals surface area contributed by atoms with Crippen LogP contribution in [0.15, 0.2) is 35.4 Å². The Morgan fingerprint density at radius 2 is 2.00 bits per heavy atom. The van der Waals surface area contributed by atoms with Gasteiger partial charge in [0.25, 0.3) is 0 Å². The monoisotopic (exact) mass is 255 g/mol. The molecule has 0 aliphatic rings. The van der Waals surface area contributed by atoms with Gasteiger partial charge in [-0.3, -0.25) is 0 Å². The maximum Gasteiger partial charge on any atom is 0.120 e. The van der Waals surface area contributed by atoms with Crippen LogP contribution >= 0.6 is 11.8 Å². The molecule has 0 aliphatic heterocycles. The van der Waals surface area contributed by atoms with Crippen LogP contribution < -0.4 is 0 Å². The van der Waals surface area contributed by atoms with E-state index in [4.69, 9.17) is 5.26 Å². The number of aromatic nitrogens is 2. The second-order valence-electron chi connectivity index (χ2n) is 4.02. The van der Waals surface area contributed by atoms with E-state index >= 15 is 0 Å². The summed E-state index contributed by atoms with van der Waals surface area (Å²) in [6, 6.07) is 12.2. The number of nitrogens with zero attached hydrogens (tertiary/aromatic N) is 3. The van der Waals surface area contributed by atoms with Crippen molar-refractivity contribution in [3.63, 3.8) is 0 Å². The molecule has 0 amide bonds. The molecule has 90 valence electrons. The standard InChI is InChI=1S/C14H13N3S/c1-10-3-4-11(2)12(9-10)13-5-6-14(17-16-13)18-8-7-15/h3-6,9H,8H2,1-2H3. The van der Waals surface area contributed by atoms with Crippen LogP contribution in [0, 0.1) is 25.2 Å². The van der Waals surface area contributed by atoms with Gasteiger partial charge in [0, 0.05) is 5.56 Å². The lowest BCUT2D eigenvalue weighted by Crippen LogP contribution is -1.92. The molecule has 2 aromatic rings. The molecule has 0 N–H and O–H groups in total. The molecule has 0 bridgehead atoms. The SMILES string of the molecule is Cc1ccc(C)c(-c2ccc(SCC#N)nn2)c1. The fourth-order valence-corrected chi connectivity index (χ4v) is 2.13. The fourth-order valence-electron chi connectivity index (χ4n) is 1.66. The van der Waals surface area contributed by atoms with Crippen LogP contribution in [0.3, 0.4) is 0 Å². The predicted molar refractivity (Wildman–Crippen MR) is 73.3 cm³/mol.